The number of rotatable bonds is 7. The molecular formula is C16H17N3O2. The summed E-state index contributed by atoms with van der Waals surface area (Å²) in [6, 6.07) is 17.4. The van der Waals surface area contributed by atoms with E-state index in [-0.39, 0.29) is 6.61 Å². The van der Waals surface area contributed by atoms with Gasteiger partial charge in [-0.1, -0.05) is 24.3 Å². The van der Waals surface area contributed by atoms with E-state index in [0.29, 0.717) is 18.0 Å². The highest BCUT2D eigenvalue weighted by Crippen LogP contribution is 2.27. The van der Waals surface area contributed by atoms with Crippen LogP contribution in [0.5, 0.6) is 11.5 Å². The molecule has 0 unspecified atom stereocenters. The number of methoxy groups -OCH3 is 1. The highest BCUT2D eigenvalue weighted by atomic mass is 16.5. The van der Waals surface area contributed by atoms with Crippen LogP contribution >= 0.6 is 0 Å². The first-order valence-corrected chi connectivity index (χ1v) is 6.54. The van der Waals surface area contributed by atoms with Gasteiger partial charge in [-0.3, -0.25) is 0 Å². The van der Waals surface area contributed by atoms with Crippen molar-refractivity contribution < 1.29 is 9.47 Å². The molecule has 0 atom stereocenters. The number of benzene rings is 2. The summed E-state index contributed by atoms with van der Waals surface area (Å²) in [6.07, 6.45) is 0. The van der Waals surface area contributed by atoms with Gasteiger partial charge in [-0.05, 0) is 29.8 Å². The SMILES string of the molecule is COc1cc(CNNc2ccccc2)ccc1OCC#N. The Bertz CT molecular complexity index is 609. The van der Waals surface area contributed by atoms with Gasteiger partial charge in [0.1, 0.15) is 6.07 Å². The molecule has 5 heteroatoms. The first-order chi connectivity index (χ1) is 10.3. The van der Waals surface area contributed by atoms with E-state index in [1.54, 1.807) is 13.2 Å². The highest BCUT2D eigenvalue weighted by molar-refractivity contribution is 5.44. The maximum Gasteiger partial charge on any atom is 0.174 e. The van der Waals surface area contributed by atoms with Gasteiger partial charge in [-0.2, -0.15) is 5.26 Å². The van der Waals surface area contributed by atoms with Crippen molar-refractivity contribution in [1.82, 2.24) is 5.43 Å². The fourth-order valence-electron chi connectivity index (χ4n) is 1.82. The molecule has 2 rings (SSSR count). The first-order valence-electron chi connectivity index (χ1n) is 6.54. The van der Waals surface area contributed by atoms with Crippen molar-refractivity contribution in [2.45, 2.75) is 6.54 Å². The van der Waals surface area contributed by atoms with E-state index in [1.807, 2.05) is 48.5 Å². The quantitative estimate of drug-likeness (QED) is 0.765. The molecule has 0 saturated heterocycles. The Morgan fingerprint density at radius 1 is 1.10 bits per heavy atom. The van der Waals surface area contributed by atoms with Crippen LogP contribution in [0.4, 0.5) is 5.69 Å². The Morgan fingerprint density at radius 2 is 1.90 bits per heavy atom. The zero-order chi connectivity index (χ0) is 14.9. The summed E-state index contributed by atoms with van der Waals surface area (Å²) in [5.74, 6) is 1.18. The molecular weight excluding hydrogens is 266 g/mol. The van der Waals surface area contributed by atoms with Crippen molar-refractivity contribution in [1.29, 1.82) is 5.26 Å². The molecule has 0 aliphatic heterocycles. The van der Waals surface area contributed by atoms with Gasteiger partial charge < -0.3 is 14.9 Å². The Morgan fingerprint density at radius 3 is 2.62 bits per heavy atom. The minimum atomic E-state index is 0.00349. The van der Waals surface area contributed by atoms with Crippen LogP contribution in [0.15, 0.2) is 48.5 Å². The monoisotopic (exact) mass is 283 g/mol. The lowest BCUT2D eigenvalue weighted by molar-refractivity contribution is 0.329. The lowest BCUT2D eigenvalue weighted by Crippen LogP contribution is -2.20. The zero-order valence-electron chi connectivity index (χ0n) is 11.8. The fourth-order valence-corrected chi connectivity index (χ4v) is 1.82. The van der Waals surface area contributed by atoms with E-state index in [0.717, 1.165) is 11.3 Å². The molecule has 0 spiro atoms. The fraction of sp³-hybridized carbons (Fsp3) is 0.188. The van der Waals surface area contributed by atoms with Crippen molar-refractivity contribution in [3.8, 4) is 17.6 Å². The van der Waals surface area contributed by atoms with Crippen LogP contribution in [-0.2, 0) is 6.54 Å². The number of hydrazine groups is 1. The van der Waals surface area contributed by atoms with E-state index in [9.17, 15) is 0 Å². The van der Waals surface area contributed by atoms with Gasteiger partial charge in [-0.25, -0.2) is 5.43 Å². The average Bonchev–Trinajstić information content (AvgIpc) is 2.54. The second-order valence-corrected chi connectivity index (χ2v) is 4.28. The molecule has 0 bridgehead atoms. The molecule has 0 aromatic heterocycles. The number of hydrogen-bond acceptors (Lipinski definition) is 5. The van der Waals surface area contributed by atoms with E-state index >= 15 is 0 Å². The van der Waals surface area contributed by atoms with Gasteiger partial charge in [0.25, 0.3) is 0 Å². The molecule has 2 aromatic carbocycles. The third-order valence-electron chi connectivity index (χ3n) is 2.82. The molecule has 21 heavy (non-hydrogen) atoms. The van der Waals surface area contributed by atoms with E-state index < -0.39 is 0 Å². The maximum absolute atomic E-state index is 8.54. The van der Waals surface area contributed by atoms with Crippen LogP contribution < -0.4 is 20.3 Å². The smallest absolute Gasteiger partial charge is 0.174 e. The second-order valence-electron chi connectivity index (χ2n) is 4.28. The normalized spacial score (nSPS) is 9.71. The van der Waals surface area contributed by atoms with Gasteiger partial charge in [0.2, 0.25) is 0 Å². The van der Waals surface area contributed by atoms with Gasteiger partial charge >= 0.3 is 0 Å². The lowest BCUT2D eigenvalue weighted by Gasteiger charge is -2.12. The topological polar surface area (TPSA) is 66.3 Å². The molecule has 0 amide bonds. The van der Waals surface area contributed by atoms with Gasteiger partial charge in [-0.15, -0.1) is 0 Å². The number of hydrogen-bond donors (Lipinski definition) is 2. The summed E-state index contributed by atoms with van der Waals surface area (Å²) in [4.78, 5) is 0. The zero-order valence-corrected chi connectivity index (χ0v) is 11.8. The summed E-state index contributed by atoms with van der Waals surface area (Å²) in [7, 11) is 1.58. The molecule has 0 aliphatic carbocycles. The summed E-state index contributed by atoms with van der Waals surface area (Å²) < 4.78 is 10.5. The van der Waals surface area contributed by atoms with Crippen LogP contribution in [0.1, 0.15) is 5.56 Å². The molecule has 108 valence electrons. The summed E-state index contributed by atoms with van der Waals surface area (Å²) >= 11 is 0. The Kier molecular flexibility index (Phi) is 5.44. The molecule has 0 radical (unpaired) electrons. The van der Waals surface area contributed by atoms with E-state index in [4.69, 9.17) is 14.7 Å². The van der Waals surface area contributed by atoms with Gasteiger partial charge in [0.15, 0.2) is 18.1 Å². The van der Waals surface area contributed by atoms with Crippen LogP contribution in [-0.4, -0.2) is 13.7 Å². The van der Waals surface area contributed by atoms with Crippen molar-refractivity contribution >= 4 is 5.69 Å². The number of nitrogens with zero attached hydrogens (tertiary/aromatic N) is 1. The molecule has 0 heterocycles. The summed E-state index contributed by atoms with van der Waals surface area (Å²) in [5, 5.41) is 8.54. The summed E-state index contributed by atoms with van der Waals surface area (Å²) in [6.45, 7) is 0.632. The molecule has 2 N–H and O–H groups in total. The minimum Gasteiger partial charge on any atom is -0.493 e. The summed E-state index contributed by atoms with van der Waals surface area (Å²) in [5.41, 5.74) is 8.29. The maximum atomic E-state index is 8.54. The highest BCUT2D eigenvalue weighted by Gasteiger charge is 2.05. The Balaban J connectivity index is 1.93. The number of para-hydroxylation sites is 1. The number of anilines is 1. The third-order valence-corrected chi connectivity index (χ3v) is 2.82. The molecule has 0 saturated carbocycles. The van der Waals surface area contributed by atoms with Crippen LogP contribution in [0.2, 0.25) is 0 Å². The second kappa shape index (κ2) is 7.78. The van der Waals surface area contributed by atoms with Crippen LogP contribution in [0.3, 0.4) is 0 Å². The average molecular weight is 283 g/mol. The van der Waals surface area contributed by atoms with Crippen molar-refractivity contribution in [2.75, 3.05) is 19.1 Å². The minimum absolute atomic E-state index is 0.00349. The van der Waals surface area contributed by atoms with E-state index in [1.165, 1.54) is 0 Å². The molecule has 0 fully saturated rings. The standard InChI is InChI=1S/C16H17N3O2/c1-20-16-11-13(7-8-15(16)21-10-9-17)12-18-19-14-5-3-2-4-6-14/h2-8,11,18-19H,10,12H2,1H3. The predicted molar refractivity (Wildman–Crippen MR) is 81.0 cm³/mol. The molecule has 2 aromatic rings. The predicted octanol–water partition coefficient (Wildman–Crippen LogP) is 2.71. The Labute approximate surface area is 124 Å². The largest absolute Gasteiger partial charge is 0.493 e. The molecule has 0 aliphatic rings. The number of nitriles is 1. The van der Waals surface area contributed by atoms with Crippen molar-refractivity contribution in [2.24, 2.45) is 0 Å². The number of ether oxygens (including phenoxy) is 2. The van der Waals surface area contributed by atoms with Crippen LogP contribution in [0.25, 0.3) is 0 Å². The van der Waals surface area contributed by atoms with Crippen molar-refractivity contribution in [3.05, 3.63) is 54.1 Å². The van der Waals surface area contributed by atoms with Crippen LogP contribution in [0, 0.1) is 11.3 Å². The molecule has 5 nitrogen and oxygen atoms in total. The first kappa shape index (κ1) is 14.7. The Hall–Kier alpha value is -2.71. The number of nitrogens with one attached hydrogen (secondary N) is 2. The van der Waals surface area contributed by atoms with Crippen molar-refractivity contribution in [3.63, 3.8) is 0 Å². The lowest BCUT2D eigenvalue weighted by atomic mass is 10.2. The third kappa shape index (κ3) is 4.41. The van der Waals surface area contributed by atoms with E-state index in [2.05, 4.69) is 10.9 Å². The van der Waals surface area contributed by atoms with Gasteiger partial charge in [0, 0.05) is 12.2 Å². The van der Waals surface area contributed by atoms with Gasteiger partial charge in [0.05, 0.1) is 7.11 Å².